The lowest BCUT2D eigenvalue weighted by molar-refractivity contribution is -0.332. The van der Waals surface area contributed by atoms with E-state index in [-0.39, 0.29) is 13.2 Å². The molecule has 0 aliphatic carbocycles. The highest BCUT2D eigenvalue weighted by Crippen LogP contribution is 2.26. The summed E-state index contributed by atoms with van der Waals surface area (Å²) in [6.07, 6.45) is -4.14. The second-order valence-corrected chi connectivity index (χ2v) is 11.4. The van der Waals surface area contributed by atoms with Crippen LogP contribution in [-0.4, -0.2) is 142 Å². The van der Waals surface area contributed by atoms with Crippen LogP contribution in [0.2, 0.25) is 0 Å². The first-order valence-electron chi connectivity index (χ1n) is 15.6. The van der Waals surface area contributed by atoms with Crippen LogP contribution in [0, 0.1) is 0 Å². The smallest absolute Gasteiger partial charge is 0.303 e. The lowest BCUT2D eigenvalue weighted by atomic mass is 9.98. The lowest BCUT2D eigenvalue weighted by Crippen LogP contribution is -2.61. The third kappa shape index (κ3) is 13.1. The number of aliphatic hydroxyl groups excluding tert-OH is 7. The van der Waals surface area contributed by atoms with E-state index in [1.807, 2.05) is 0 Å². The molecule has 0 aromatic carbocycles. The Balaban J connectivity index is 1.76. The lowest BCUT2D eigenvalue weighted by Gasteiger charge is -2.42. The van der Waals surface area contributed by atoms with E-state index in [0.717, 1.165) is 19.3 Å². The zero-order valence-electron chi connectivity index (χ0n) is 25.4. The highest BCUT2D eigenvalue weighted by atomic mass is 16.7. The van der Waals surface area contributed by atoms with Crippen molar-refractivity contribution in [1.82, 2.24) is 0 Å². The molecule has 14 nitrogen and oxygen atoms in total. The van der Waals surface area contributed by atoms with Gasteiger partial charge in [0.25, 0.3) is 0 Å². The molecule has 2 fully saturated rings. The number of hydrogen-bond acceptors (Lipinski definition) is 14. The van der Waals surface area contributed by atoms with Crippen molar-refractivity contribution in [2.45, 2.75) is 146 Å². The van der Waals surface area contributed by atoms with E-state index in [1.54, 1.807) is 0 Å². The van der Waals surface area contributed by atoms with E-state index in [1.165, 1.54) is 51.9 Å². The maximum atomic E-state index is 11.6. The average Bonchev–Trinajstić information content (AvgIpc) is 2.98. The van der Waals surface area contributed by atoms with Gasteiger partial charge in [-0.15, -0.1) is 0 Å². The summed E-state index contributed by atoms with van der Waals surface area (Å²) in [5.41, 5.74) is 0. The summed E-state index contributed by atoms with van der Waals surface area (Å²) in [6.45, 7) is 2.62. The van der Waals surface area contributed by atoms with Crippen molar-refractivity contribution in [1.29, 1.82) is 0 Å². The number of hydrogen-bond donors (Lipinski definition) is 7. The number of rotatable bonds is 21. The van der Waals surface area contributed by atoms with Gasteiger partial charge in [0.15, 0.2) is 12.6 Å². The van der Waals surface area contributed by atoms with Crippen molar-refractivity contribution in [3.05, 3.63) is 0 Å². The monoisotopic (exact) mass is 626 g/mol. The molecule has 254 valence electrons. The molecule has 0 amide bonds. The number of ether oxygens (including phenoxy) is 6. The summed E-state index contributed by atoms with van der Waals surface area (Å²) < 4.78 is 32.8. The first-order valence-corrected chi connectivity index (χ1v) is 15.6. The van der Waals surface area contributed by atoms with E-state index >= 15 is 0 Å². The molecule has 0 aromatic rings. The predicted molar refractivity (Wildman–Crippen MR) is 151 cm³/mol. The zero-order valence-corrected chi connectivity index (χ0v) is 25.4. The molecular formula is C29H54O14. The van der Waals surface area contributed by atoms with E-state index in [9.17, 15) is 40.5 Å². The molecule has 0 saturated carbocycles. The Kier molecular flexibility index (Phi) is 18.6. The van der Waals surface area contributed by atoms with Crippen molar-refractivity contribution in [3.8, 4) is 0 Å². The van der Waals surface area contributed by atoms with Crippen LogP contribution >= 0.6 is 0 Å². The highest BCUT2D eigenvalue weighted by Gasteiger charge is 2.47. The molecule has 2 heterocycles. The number of carbonyl (C=O) groups is 1. The van der Waals surface area contributed by atoms with Crippen LogP contribution in [0.4, 0.5) is 0 Å². The van der Waals surface area contributed by atoms with Crippen molar-refractivity contribution in [2.24, 2.45) is 0 Å². The van der Waals surface area contributed by atoms with Crippen molar-refractivity contribution >= 4 is 5.97 Å². The minimum Gasteiger partial charge on any atom is -0.458 e. The molecule has 0 aromatic heterocycles. The molecular weight excluding hydrogens is 572 g/mol. The molecule has 43 heavy (non-hydrogen) atoms. The summed E-state index contributed by atoms with van der Waals surface area (Å²) in [4.78, 5) is 11.6. The Morgan fingerprint density at radius 2 is 1.19 bits per heavy atom. The Bertz CT molecular complexity index is 742. The molecule has 2 saturated heterocycles. The highest BCUT2D eigenvalue weighted by molar-refractivity contribution is 5.66. The molecule has 0 radical (unpaired) electrons. The summed E-state index contributed by atoms with van der Waals surface area (Å²) in [5, 5.41) is 70.5. The Labute approximate surface area is 253 Å². The minimum absolute atomic E-state index is 0.0502. The SMILES string of the molecule is CCCCCCCCCCCCOCC(COC1OC(COC2OC(CO)C(O)C(O)C2O)C(O)C(O)C1O)OC(C)=O. The van der Waals surface area contributed by atoms with Crippen molar-refractivity contribution in [2.75, 3.05) is 33.0 Å². The minimum atomic E-state index is -1.69. The standard InChI is InChI=1S/C29H54O14/c1-3-4-5-6-7-8-9-10-11-12-13-38-15-19(41-18(2)31)16-39-28-27(37)25(35)23(33)21(43-28)17-40-29-26(36)24(34)22(32)20(14-30)42-29/h19-30,32-37H,3-17H2,1-2H3. The Morgan fingerprint density at radius 1 is 0.674 bits per heavy atom. The summed E-state index contributed by atoms with van der Waals surface area (Å²) in [6, 6.07) is 0. The fraction of sp³-hybridized carbons (Fsp3) is 0.966. The van der Waals surface area contributed by atoms with E-state index < -0.39 is 86.7 Å². The van der Waals surface area contributed by atoms with Gasteiger partial charge in [0.05, 0.1) is 26.4 Å². The third-order valence-electron chi connectivity index (χ3n) is 7.67. The zero-order chi connectivity index (χ0) is 31.8. The van der Waals surface area contributed by atoms with Crippen LogP contribution in [0.25, 0.3) is 0 Å². The van der Waals surface area contributed by atoms with Gasteiger partial charge in [0, 0.05) is 13.5 Å². The summed E-state index contributed by atoms with van der Waals surface area (Å²) in [7, 11) is 0. The Morgan fingerprint density at radius 3 is 1.74 bits per heavy atom. The van der Waals surface area contributed by atoms with Crippen LogP contribution in [0.1, 0.15) is 78.1 Å². The second kappa shape index (κ2) is 20.9. The predicted octanol–water partition coefficient (Wildman–Crippen LogP) is -0.504. The van der Waals surface area contributed by atoms with Crippen LogP contribution in [0.5, 0.6) is 0 Å². The first kappa shape index (κ1) is 38.2. The third-order valence-corrected chi connectivity index (χ3v) is 7.67. The quantitative estimate of drug-likeness (QED) is 0.0632. The van der Waals surface area contributed by atoms with Crippen LogP contribution in [-0.2, 0) is 33.2 Å². The normalized spacial score (nSPS) is 33.8. The van der Waals surface area contributed by atoms with Gasteiger partial charge in [-0.05, 0) is 6.42 Å². The van der Waals surface area contributed by atoms with Gasteiger partial charge in [0.2, 0.25) is 0 Å². The fourth-order valence-electron chi connectivity index (χ4n) is 5.05. The molecule has 2 rings (SSSR count). The topological polar surface area (TPSA) is 214 Å². The van der Waals surface area contributed by atoms with Gasteiger partial charge in [0.1, 0.15) is 54.9 Å². The van der Waals surface area contributed by atoms with Gasteiger partial charge in [-0.2, -0.15) is 0 Å². The molecule has 2 aliphatic heterocycles. The summed E-state index contributed by atoms with van der Waals surface area (Å²) in [5.74, 6) is -0.553. The summed E-state index contributed by atoms with van der Waals surface area (Å²) >= 11 is 0. The average molecular weight is 627 g/mol. The number of esters is 1. The molecule has 14 heteroatoms. The van der Waals surface area contributed by atoms with E-state index in [0.29, 0.717) is 6.61 Å². The van der Waals surface area contributed by atoms with E-state index in [2.05, 4.69) is 6.92 Å². The van der Waals surface area contributed by atoms with Crippen LogP contribution in [0.3, 0.4) is 0 Å². The van der Waals surface area contributed by atoms with Crippen LogP contribution < -0.4 is 0 Å². The molecule has 0 bridgehead atoms. The Hall–Kier alpha value is -1.01. The number of carbonyl (C=O) groups excluding carboxylic acids is 1. The van der Waals surface area contributed by atoms with Gasteiger partial charge in [-0.1, -0.05) is 64.7 Å². The first-order chi connectivity index (χ1) is 20.6. The van der Waals surface area contributed by atoms with Gasteiger partial charge in [-0.25, -0.2) is 0 Å². The molecule has 2 aliphatic rings. The maximum absolute atomic E-state index is 11.6. The number of aliphatic hydroxyl groups is 7. The molecule has 11 unspecified atom stereocenters. The maximum Gasteiger partial charge on any atom is 0.303 e. The fourth-order valence-corrected chi connectivity index (χ4v) is 5.05. The van der Waals surface area contributed by atoms with Crippen LogP contribution in [0.15, 0.2) is 0 Å². The van der Waals surface area contributed by atoms with Gasteiger partial charge < -0.3 is 64.2 Å². The van der Waals surface area contributed by atoms with E-state index in [4.69, 9.17) is 28.4 Å². The number of unbranched alkanes of at least 4 members (excludes halogenated alkanes) is 9. The largest absolute Gasteiger partial charge is 0.458 e. The van der Waals surface area contributed by atoms with Crippen molar-refractivity contribution < 1.29 is 69.0 Å². The van der Waals surface area contributed by atoms with Crippen molar-refractivity contribution in [3.63, 3.8) is 0 Å². The molecule has 7 N–H and O–H groups in total. The second-order valence-electron chi connectivity index (χ2n) is 11.4. The van der Waals surface area contributed by atoms with Gasteiger partial charge in [-0.3, -0.25) is 4.79 Å². The molecule has 0 spiro atoms. The molecule has 11 atom stereocenters. The van der Waals surface area contributed by atoms with Gasteiger partial charge >= 0.3 is 5.97 Å².